The molecule has 0 aliphatic carbocycles. The van der Waals surface area contributed by atoms with Crippen LogP contribution in [0.15, 0.2) is 66.9 Å². The Kier molecular flexibility index (Phi) is 4.99. The monoisotopic (exact) mass is 385 g/mol. The zero-order valence-corrected chi connectivity index (χ0v) is 16.7. The Morgan fingerprint density at radius 2 is 1.79 bits per heavy atom. The van der Waals surface area contributed by atoms with Crippen LogP contribution in [0.25, 0.3) is 16.9 Å². The quantitative estimate of drug-likeness (QED) is 0.536. The molecule has 0 saturated carbocycles. The summed E-state index contributed by atoms with van der Waals surface area (Å²) in [5.74, 6) is 0.576. The van der Waals surface area contributed by atoms with Crippen LogP contribution in [0.3, 0.4) is 0 Å². The number of imidazole rings is 1. The second-order valence-electron chi connectivity index (χ2n) is 7.13. The third-order valence-corrected chi connectivity index (χ3v) is 4.82. The van der Waals surface area contributed by atoms with Crippen molar-refractivity contribution in [2.45, 2.75) is 26.8 Å². The highest BCUT2D eigenvalue weighted by molar-refractivity contribution is 5.94. The van der Waals surface area contributed by atoms with E-state index in [1.807, 2.05) is 86.1 Å². The zero-order chi connectivity index (χ0) is 20.4. The Morgan fingerprint density at radius 1 is 1.07 bits per heavy atom. The van der Waals surface area contributed by atoms with Gasteiger partial charge >= 0.3 is 0 Å². The highest BCUT2D eigenvalue weighted by Crippen LogP contribution is 2.19. The average Bonchev–Trinajstić information content (AvgIpc) is 3.35. The summed E-state index contributed by atoms with van der Waals surface area (Å²) in [6.07, 6.45) is 1.79. The van der Waals surface area contributed by atoms with Crippen LogP contribution in [-0.2, 0) is 0 Å². The minimum absolute atomic E-state index is 0.143. The summed E-state index contributed by atoms with van der Waals surface area (Å²) < 4.78 is 1.87. The van der Waals surface area contributed by atoms with Gasteiger partial charge in [0.1, 0.15) is 5.82 Å². The first-order valence-electron chi connectivity index (χ1n) is 9.56. The molecule has 2 N–H and O–H groups in total. The van der Waals surface area contributed by atoms with Crippen molar-refractivity contribution in [1.82, 2.24) is 25.1 Å². The molecule has 1 amide bonds. The van der Waals surface area contributed by atoms with E-state index in [9.17, 15) is 4.79 Å². The number of carbonyl (C=O) groups excluding carboxylic acids is 1. The van der Waals surface area contributed by atoms with Crippen molar-refractivity contribution in [1.29, 1.82) is 0 Å². The molecule has 29 heavy (non-hydrogen) atoms. The van der Waals surface area contributed by atoms with Crippen LogP contribution in [0, 0.1) is 13.8 Å². The van der Waals surface area contributed by atoms with E-state index in [0.717, 1.165) is 34.2 Å². The first kappa shape index (κ1) is 18.7. The topological polar surface area (TPSA) is 75.6 Å². The van der Waals surface area contributed by atoms with Crippen molar-refractivity contribution in [2.24, 2.45) is 0 Å². The van der Waals surface area contributed by atoms with Crippen molar-refractivity contribution in [3.8, 4) is 16.9 Å². The molecule has 1 unspecified atom stereocenters. The minimum atomic E-state index is -0.240. The third kappa shape index (κ3) is 3.96. The summed E-state index contributed by atoms with van der Waals surface area (Å²) >= 11 is 0. The first-order valence-corrected chi connectivity index (χ1v) is 9.56. The van der Waals surface area contributed by atoms with Crippen molar-refractivity contribution in [2.75, 3.05) is 0 Å². The molecule has 2 heterocycles. The maximum absolute atomic E-state index is 12.6. The second kappa shape index (κ2) is 7.75. The Hall–Kier alpha value is -3.67. The molecule has 0 spiro atoms. The van der Waals surface area contributed by atoms with E-state index in [0.29, 0.717) is 5.56 Å². The van der Waals surface area contributed by atoms with E-state index in [1.165, 1.54) is 0 Å². The van der Waals surface area contributed by atoms with E-state index in [2.05, 4.69) is 20.4 Å². The Morgan fingerprint density at radius 3 is 2.45 bits per heavy atom. The number of hydrogen-bond donors (Lipinski definition) is 2. The highest BCUT2D eigenvalue weighted by Gasteiger charge is 2.15. The number of carbonyl (C=O) groups is 1. The van der Waals surface area contributed by atoms with Crippen molar-refractivity contribution >= 4 is 5.91 Å². The Bertz CT molecular complexity index is 1130. The summed E-state index contributed by atoms with van der Waals surface area (Å²) in [5, 5.41) is 7.47. The lowest BCUT2D eigenvalue weighted by Crippen LogP contribution is -2.27. The summed E-state index contributed by atoms with van der Waals surface area (Å²) in [5.41, 5.74) is 5.53. The largest absolute Gasteiger partial charge is 0.342 e. The maximum Gasteiger partial charge on any atom is 0.251 e. The van der Waals surface area contributed by atoms with Crippen molar-refractivity contribution in [3.05, 3.63) is 89.6 Å². The van der Waals surface area contributed by atoms with E-state index in [4.69, 9.17) is 0 Å². The molecule has 2 aromatic carbocycles. The molecule has 0 bridgehead atoms. The molecule has 0 aliphatic rings. The minimum Gasteiger partial charge on any atom is -0.342 e. The number of H-pyrrole nitrogens is 1. The van der Waals surface area contributed by atoms with Crippen LogP contribution in [0.5, 0.6) is 0 Å². The molecule has 0 saturated heterocycles. The lowest BCUT2D eigenvalue weighted by atomic mass is 10.1. The number of nitrogens with one attached hydrogen (secondary N) is 2. The smallest absolute Gasteiger partial charge is 0.251 e. The average molecular weight is 385 g/mol. The molecule has 4 rings (SSSR count). The molecule has 0 fully saturated rings. The molecule has 4 aromatic rings. The van der Waals surface area contributed by atoms with Crippen LogP contribution >= 0.6 is 0 Å². The van der Waals surface area contributed by atoms with Gasteiger partial charge in [-0.3, -0.25) is 4.79 Å². The number of aryl methyl sites for hydroxylation is 2. The normalized spacial score (nSPS) is 12.0. The molecule has 6 nitrogen and oxygen atoms in total. The summed E-state index contributed by atoms with van der Waals surface area (Å²) in [7, 11) is 0. The number of aromatic nitrogens is 4. The molecule has 146 valence electrons. The van der Waals surface area contributed by atoms with Gasteiger partial charge in [0.2, 0.25) is 0 Å². The summed E-state index contributed by atoms with van der Waals surface area (Å²) in [4.78, 5) is 20.4. The van der Waals surface area contributed by atoms with Crippen molar-refractivity contribution < 1.29 is 4.79 Å². The number of rotatable bonds is 5. The lowest BCUT2D eigenvalue weighted by Gasteiger charge is -2.12. The fourth-order valence-electron chi connectivity index (χ4n) is 3.31. The number of amides is 1. The van der Waals surface area contributed by atoms with Crippen LogP contribution in [-0.4, -0.2) is 25.7 Å². The van der Waals surface area contributed by atoms with Gasteiger partial charge < -0.3 is 10.3 Å². The van der Waals surface area contributed by atoms with E-state index < -0.39 is 0 Å². The van der Waals surface area contributed by atoms with Crippen LogP contribution in [0.2, 0.25) is 0 Å². The Labute approximate surface area is 169 Å². The predicted octanol–water partition coefficient (Wildman–Crippen LogP) is 4.37. The fraction of sp³-hybridized carbons (Fsp3) is 0.174. The lowest BCUT2D eigenvalue weighted by molar-refractivity contribution is 0.0938. The molecular formula is C23H23N5O. The molecule has 1 atom stereocenters. The van der Waals surface area contributed by atoms with E-state index >= 15 is 0 Å². The second-order valence-corrected chi connectivity index (χ2v) is 7.13. The van der Waals surface area contributed by atoms with Gasteiger partial charge in [0.15, 0.2) is 0 Å². The first-order chi connectivity index (χ1) is 14.0. The van der Waals surface area contributed by atoms with Gasteiger partial charge in [0, 0.05) is 11.3 Å². The van der Waals surface area contributed by atoms with Gasteiger partial charge in [-0.25, -0.2) is 9.67 Å². The van der Waals surface area contributed by atoms with E-state index in [1.54, 1.807) is 6.20 Å². The number of benzene rings is 2. The van der Waals surface area contributed by atoms with Crippen LogP contribution < -0.4 is 5.32 Å². The Balaban J connectivity index is 1.45. The highest BCUT2D eigenvalue weighted by atomic mass is 16.1. The standard InChI is InChI=1S/C23H23N5O/c1-15-13-16(2)28(27-15)20-11-9-19(10-12-20)23(29)25-17(3)22-24-14-21(26-22)18-7-5-4-6-8-18/h4-14,17H,1-3H3,(H,24,26)(H,25,29). The molecule has 2 aromatic heterocycles. The SMILES string of the molecule is Cc1cc(C)n(-c2ccc(C(=O)NC(C)c3ncc(-c4ccccc4)[nH]3)cc2)n1. The van der Waals surface area contributed by atoms with Gasteiger partial charge in [0.25, 0.3) is 5.91 Å². The number of nitrogens with zero attached hydrogens (tertiary/aromatic N) is 3. The maximum atomic E-state index is 12.6. The molecule has 6 heteroatoms. The van der Waals surface area contributed by atoms with Gasteiger partial charge in [-0.05, 0) is 56.7 Å². The third-order valence-electron chi connectivity index (χ3n) is 4.82. The summed E-state index contributed by atoms with van der Waals surface area (Å²) in [6, 6.07) is 19.2. The van der Waals surface area contributed by atoms with E-state index in [-0.39, 0.29) is 11.9 Å². The van der Waals surface area contributed by atoms with Gasteiger partial charge in [-0.15, -0.1) is 0 Å². The predicted molar refractivity (Wildman–Crippen MR) is 113 cm³/mol. The molecule has 0 aliphatic heterocycles. The number of hydrogen-bond acceptors (Lipinski definition) is 3. The van der Waals surface area contributed by atoms with Crippen LogP contribution in [0.4, 0.5) is 0 Å². The van der Waals surface area contributed by atoms with Gasteiger partial charge in [-0.2, -0.15) is 5.10 Å². The van der Waals surface area contributed by atoms with Gasteiger partial charge in [-0.1, -0.05) is 30.3 Å². The van der Waals surface area contributed by atoms with Crippen molar-refractivity contribution in [3.63, 3.8) is 0 Å². The summed E-state index contributed by atoms with van der Waals surface area (Å²) in [6.45, 7) is 5.88. The zero-order valence-electron chi connectivity index (χ0n) is 16.7. The molecular weight excluding hydrogens is 362 g/mol. The van der Waals surface area contributed by atoms with Crippen LogP contribution in [0.1, 0.15) is 40.5 Å². The molecule has 0 radical (unpaired) electrons. The van der Waals surface area contributed by atoms with Gasteiger partial charge in [0.05, 0.1) is 29.3 Å². The fourth-order valence-corrected chi connectivity index (χ4v) is 3.31. The number of aromatic amines is 1.